The third kappa shape index (κ3) is 3.69. The molecule has 0 unspecified atom stereocenters. The molecule has 0 aromatic carbocycles. The number of rotatable bonds is 5. The Balaban J connectivity index is 4.13. The second kappa shape index (κ2) is 5.97. The lowest BCUT2D eigenvalue weighted by molar-refractivity contribution is -0.0551. The monoisotopic (exact) mass is 175 g/mol. The highest BCUT2D eigenvalue weighted by Gasteiger charge is 2.15. The van der Waals surface area contributed by atoms with Gasteiger partial charge in [-0.3, -0.25) is 0 Å². The first kappa shape index (κ1) is 11.4. The minimum absolute atomic E-state index is 0.420. The molecule has 0 amide bonds. The Morgan fingerprint density at radius 2 is 1.83 bits per heavy atom. The lowest BCUT2D eigenvalue weighted by Crippen LogP contribution is -2.26. The maximum Gasteiger partial charge on any atom is 0.199 e. The van der Waals surface area contributed by atoms with Crippen LogP contribution in [-0.4, -0.2) is 31.4 Å². The van der Waals surface area contributed by atoms with E-state index >= 15 is 0 Å². The number of oxime groups is 1. The third-order valence-corrected chi connectivity index (χ3v) is 1.45. The Labute approximate surface area is 73.2 Å². The predicted octanol–water partition coefficient (Wildman–Crippen LogP) is 1.48. The second-order valence-corrected chi connectivity index (χ2v) is 2.99. The van der Waals surface area contributed by atoms with Gasteiger partial charge in [0.05, 0.1) is 0 Å². The summed E-state index contributed by atoms with van der Waals surface area (Å²) < 4.78 is 9.88. The molecule has 0 rings (SSSR count). The summed E-state index contributed by atoms with van der Waals surface area (Å²) in [5.41, 5.74) is 0.523. The predicted molar refractivity (Wildman–Crippen MR) is 46.5 cm³/mol. The number of methoxy groups -OCH3 is 2. The van der Waals surface area contributed by atoms with Crippen LogP contribution in [0.5, 0.6) is 0 Å². The Bertz CT molecular complexity index is 141. The molecule has 1 N–H and O–H groups in total. The average molecular weight is 175 g/mol. The number of ether oxygens (including phenoxy) is 2. The molecule has 0 fully saturated rings. The Morgan fingerprint density at radius 1 is 1.33 bits per heavy atom. The van der Waals surface area contributed by atoms with Gasteiger partial charge in [0.25, 0.3) is 0 Å². The van der Waals surface area contributed by atoms with Gasteiger partial charge in [0.15, 0.2) is 6.29 Å². The normalized spacial score (nSPS) is 13.0. The zero-order valence-corrected chi connectivity index (χ0v) is 8.07. The van der Waals surface area contributed by atoms with Gasteiger partial charge in [-0.15, -0.1) is 0 Å². The SMILES string of the molecule is COC(OC)/C(CC(C)C)=N\O. The van der Waals surface area contributed by atoms with Gasteiger partial charge in [-0.05, 0) is 12.3 Å². The molecule has 0 bridgehead atoms. The van der Waals surface area contributed by atoms with E-state index in [9.17, 15) is 0 Å². The van der Waals surface area contributed by atoms with Gasteiger partial charge >= 0.3 is 0 Å². The average Bonchev–Trinajstić information content (AvgIpc) is 2.04. The number of nitrogens with zero attached hydrogens (tertiary/aromatic N) is 1. The number of hydrogen-bond donors (Lipinski definition) is 1. The molecular formula is C8H17NO3. The van der Waals surface area contributed by atoms with Gasteiger partial charge in [0.2, 0.25) is 0 Å². The quantitative estimate of drug-likeness (QED) is 0.298. The van der Waals surface area contributed by atoms with E-state index in [1.165, 1.54) is 14.2 Å². The fraction of sp³-hybridized carbons (Fsp3) is 0.875. The van der Waals surface area contributed by atoms with E-state index in [4.69, 9.17) is 14.7 Å². The van der Waals surface area contributed by atoms with E-state index < -0.39 is 6.29 Å². The minimum Gasteiger partial charge on any atom is -0.411 e. The molecule has 0 saturated heterocycles. The first-order valence-electron chi connectivity index (χ1n) is 3.92. The molecule has 0 radical (unpaired) electrons. The van der Waals surface area contributed by atoms with Crippen molar-refractivity contribution in [1.82, 2.24) is 0 Å². The van der Waals surface area contributed by atoms with Crippen LogP contribution in [0.1, 0.15) is 20.3 Å². The molecule has 0 aromatic heterocycles. The topological polar surface area (TPSA) is 51.0 Å². The smallest absolute Gasteiger partial charge is 0.199 e. The van der Waals surface area contributed by atoms with E-state index in [1.807, 2.05) is 13.8 Å². The molecule has 72 valence electrons. The van der Waals surface area contributed by atoms with E-state index in [0.717, 1.165) is 0 Å². The lowest BCUT2D eigenvalue weighted by Gasteiger charge is -2.15. The van der Waals surface area contributed by atoms with Crippen LogP contribution < -0.4 is 0 Å². The van der Waals surface area contributed by atoms with Crippen molar-refractivity contribution in [3.8, 4) is 0 Å². The van der Waals surface area contributed by atoms with Crippen molar-refractivity contribution in [3.05, 3.63) is 0 Å². The highest BCUT2D eigenvalue weighted by Crippen LogP contribution is 2.07. The minimum atomic E-state index is -0.530. The molecule has 0 aromatic rings. The molecule has 0 spiro atoms. The summed E-state index contributed by atoms with van der Waals surface area (Å²) in [5.74, 6) is 0.420. The van der Waals surface area contributed by atoms with Gasteiger partial charge < -0.3 is 14.7 Å². The van der Waals surface area contributed by atoms with Crippen molar-refractivity contribution in [2.24, 2.45) is 11.1 Å². The zero-order chi connectivity index (χ0) is 9.56. The molecular weight excluding hydrogens is 158 g/mol. The summed E-state index contributed by atoms with van der Waals surface area (Å²) in [6.07, 6.45) is 0.139. The largest absolute Gasteiger partial charge is 0.411 e. The standard InChI is InChI=1S/C8H17NO3/c1-6(2)5-7(9-10)8(11-3)12-4/h6,8,10H,5H2,1-4H3/b9-7-. The van der Waals surface area contributed by atoms with Crippen LogP contribution in [0.4, 0.5) is 0 Å². The molecule has 12 heavy (non-hydrogen) atoms. The van der Waals surface area contributed by atoms with Crippen LogP contribution in [0.3, 0.4) is 0 Å². The highest BCUT2D eigenvalue weighted by molar-refractivity contribution is 5.87. The first-order chi connectivity index (χ1) is 5.65. The van der Waals surface area contributed by atoms with Gasteiger partial charge in [-0.25, -0.2) is 0 Å². The van der Waals surface area contributed by atoms with Crippen LogP contribution in [0, 0.1) is 5.92 Å². The fourth-order valence-electron chi connectivity index (χ4n) is 0.971. The van der Waals surface area contributed by atoms with E-state index in [2.05, 4.69) is 5.16 Å². The van der Waals surface area contributed by atoms with Crippen molar-refractivity contribution >= 4 is 5.71 Å². The molecule has 0 atom stereocenters. The van der Waals surface area contributed by atoms with Crippen LogP contribution in [0.15, 0.2) is 5.16 Å². The maximum atomic E-state index is 8.64. The zero-order valence-electron chi connectivity index (χ0n) is 8.07. The molecule has 0 aliphatic heterocycles. The summed E-state index contributed by atoms with van der Waals surface area (Å²) in [6, 6.07) is 0. The molecule has 0 saturated carbocycles. The van der Waals surface area contributed by atoms with Crippen molar-refractivity contribution in [2.75, 3.05) is 14.2 Å². The fourth-order valence-corrected chi connectivity index (χ4v) is 0.971. The van der Waals surface area contributed by atoms with Gasteiger partial charge in [-0.2, -0.15) is 0 Å². The van der Waals surface area contributed by atoms with E-state index in [0.29, 0.717) is 18.1 Å². The molecule has 4 heteroatoms. The van der Waals surface area contributed by atoms with Crippen LogP contribution in [0.2, 0.25) is 0 Å². The van der Waals surface area contributed by atoms with Crippen LogP contribution in [-0.2, 0) is 9.47 Å². The lowest BCUT2D eigenvalue weighted by atomic mass is 10.1. The van der Waals surface area contributed by atoms with Crippen molar-refractivity contribution in [1.29, 1.82) is 0 Å². The van der Waals surface area contributed by atoms with Crippen LogP contribution in [0.25, 0.3) is 0 Å². The van der Waals surface area contributed by atoms with Gasteiger partial charge in [0.1, 0.15) is 5.71 Å². The first-order valence-corrected chi connectivity index (χ1v) is 3.92. The second-order valence-electron chi connectivity index (χ2n) is 2.99. The summed E-state index contributed by atoms with van der Waals surface area (Å²) >= 11 is 0. The third-order valence-electron chi connectivity index (χ3n) is 1.45. The Hall–Kier alpha value is -0.610. The Morgan fingerprint density at radius 3 is 2.08 bits per heavy atom. The van der Waals surface area contributed by atoms with E-state index in [1.54, 1.807) is 0 Å². The van der Waals surface area contributed by atoms with E-state index in [-0.39, 0.29) is 0 Å². The summed E-state index contributed by atoms with van der Waals surface area (Å²) in [5, 5.41) is 11.8. The molecule has 0 heterocycles. The molecule has 4 nitrogen and oxygen atoms in total. The maximum absolute atomic E-state index is 8.64. The molecule has 0 aliphatic carbocycles. The summed E-state index contributed by atoms with van der Waals surface area (Å²) in [7, 11) is 3.03. The highest BCUT2D eigenvalue weighted by atomic mass is 16.7. The van der Waals surface area contributed by atoms with Crippen molar-refractivity contribution in [2.45, 2.75) is 26.6 Å². The van der Waals surface area contributed by atoms with Crippen molar-refractivity contribution < 1.29 is 14.7 Å². The molecule has 0 aliphatic rings. The Kier molecular flexibility index (Phi) is 5.66. The van der Waals surface area contributed by atoms with Gasteiger partial charge in [-0.1, -0.05) is 19.0 Å². The number of hydrogen-bond acceptors (Lipinski definition) is 4. The summed E-state index contributed by atoms with van der Waals surface area (Å²) in [4.78, 5) is 0. The van der Waals surface area contributed by atoms with Crippen molar-refractivity contribution in [3.63, 3.8) is 0 Å². The summed E-state index contributed by atoms with van der Waals surface area (Å²) in [6.45, 7) is 4.07. The van der Waals surface area contributed by atoms with Gasteiger partial charge in [0, 0.05) is 14.2 Å². The van der Waals surface area contributed by atoms with Crippen LogP contribution >= 0.6 is 0 Å².